The summed E-state index contributed by atoms with van der Waals surface area (Å²) in [5, 5.41) is 13.2. The summed E-state index contributed by atoms with van der Waals surface area (Å²) in [5.74, 6) is -0.113. The summed E-state index contributed by atoms with van der Waals surface area (Å²) in [5.41, 5.74) is 0. The lowest BCUT2D eigenvalue weighted by molar-refractivity contribution is -0.119. The molecule has 1 unspecified atom stereocenters. The standard InChI is InChI=1S/C13H22N2O2S/c1-13(8-9-16)11(17)15-12(18-13)14-10-6-4-2-3-5-7-10/h10,16H,2-9H2,1H3,(H,14,15,17). The van der Waals surface area contributed by atoms with Gasteiger partial charge in [-0.05, 0) is 26.2 Å². The molecule has 0 aromatic heterocycles. The number of hydrogen-bond donors (Lipinski definition) is 2. The molecule has 1 aliphatic heterocycles. The van der Waals surface area contributed by atoms with E-state index in [2.05, 4.69) is 10.3 Å². The fraction of sp³-hybridized carbons (Fsp3) is 0.846. The van der Waals surface area contributed by atoms with Crippen LogP contribution in [0.25, 0.3) is 0 Å². The van der Waals surface area contributed by atoms with Crippen LogP contribution < -0.4 is 5.32 Å². The summed E-state index contributed by atoms with van der Waals surface area (Å²) in [4.78, 5) is 16.0. The fourth-order valence-corrected chi connectivity index (χ4v) is 3.63. The molecule has 1 aliphatic carbocycles. The molecule has 0 spiro atoms. The lowest BCUT2D eigenvalue weighted by Crippen LogP contribution is -2.33. The minimum absolute atomic E-state index is 0.0292. The molecule has 18 heavy (non-hydrogen) atoms. The third-order valence-corrected chi connectivity index (χ3v) is 4.98. The minimum atomic E-state index is -0.568. The maximum Gasteiger partial charge on any atom is 0.264 e. The number of carbonyl (C=O) groups excluding carboxylic acids is 1. The average molecular weight is 270 g/mol. The maximum absolute atomic E-state index is 11.8. The Morgan fingerprint density at radius 3 is 2.67 bits per heavy atom. The number of amidine groups is 1. The van der Waals surface area contributed by atoms with Crippen LogP contribution >= 0.6 is 11.8 Å². The Bertz CT molecular complexity index is 338. The van der Waals surface area contributed by atoms with Crippen molar-refractivity contribution >= 4 is 22.8 Å². The average Bonchev–Trinajstić information content (AvgIpc) is 2.53. The number of carbonyl (C=O) groups is 1. The van der Waals surface area contributed by atoms with Crippen LogP contribution in [0.5, 0.6) is 0 Å². The number of rotatable bonds is 3. The van der Waals surface area contributed by atoms with Gasteiger partial charge in [0, 0.05) is 12.6 Å². The molecule has 1 fully saturated rings. The van der Waals surface area contributed by atoms with Crippen molar-refractivity contribution < 1.29 is 9.90 Å². The second kappa shape index (κ2) is 6.06. The number of aliphatic hydroxyl groups excluding tert-OH is 1. The topological polar surface area (TPSA) is 61.7 Å². The first kappa shape index (κ1) is 13.9. The normalized spacial score (nSPS) is 30.1. The highest BCUT2D eigenvalue weighted by Crippen LogP contribution is 2.36. The van der Waals surface area contributed by atoms with E-state index in [1.807, 2.05) is 6.92 Å². The van der Waals surface area contributed by atoms with Gasteiger partial charge in [0.05, 0.1) is 0 Å². The van der Waals surface area contributed by atoms with Crippen molar-refractivity contribution in [2.45, 2.75) is 62.7 Å². The Kier molecular flexibility index (Phi) is 4.67. The predicted molar refractivity (Wildman–Crippen MR) is 74.8 cm³/mol. The van der Waals surface area contributed by atoms with Crippen LogP contribution in [0.2, 0.25) is 0 Å². The summed E-state index contributed by atoms with van der Waals surface area (Å²) in [7, 11) is 0. The summed E-state index contributed by atoms with van der Waals surface area (Å²) in [6.45, 7) is 1.89. The number of nitrogens with one attached hydrogen (secondary N) is 1. The summed E-state index contributed by atoms with van der Waals surface area (Å²) in [6, 6.07) is 0.461. The Balaban J connectivity index is 1.91. The number of hydrogen-bond acceptors (Lipinski definition) is 4. The monoisotopic (exact) mass is 270 g/mol. The summed E-state index contributed by atoms with van der Waals surface area (Å²) in [6.07, 6.45) is 7.97. The summed E-state index contributed by atoms with van der Waals surface area (Å²) < 4.78 is -0.568. The Hall–Kier alpha value is -0.550. The largest absolute Gasteiger partial charge is 0.396 e. The van der Waals surface area contributed by atoms with Gasteiger partial charge in [0.25, 0.3) is 5.91 Å². The van der Waals surface area contributed by atoms with Crippen LogP contribution in [0.4, 0.5) is 0 Å². The van der Waals surface area contributed by atoms with E-state index in [-0.39, 0.29) is 12.5 Å². The van der Waals surface area contributed by atoms with Crippen LogP contribution in [-0.4, -0.2) is 33.6 Å². The van der Waals surface area contributed by atoms with Gasteiger partial charge in [-0.1, -0.05) is 37.4 Å². The molecule has 102 valence electrons. The van der Waals surface area contributed by atoms with Gasteiger partial charge in [-0.3, -0.25) is 4.79 Å². The van der Waals surface area contributed by atoms with Crippen LogP contribution in [-0.2, 0) is 4.79 Å². The molecule has 1 atom stereocenters. The zero-order valence-corrected chi connectivity index (χ0v) is 11.8. The molecule has 5 heteroatoms. The molecule has 0 aromatic carbocycles. The number of nitrogens with zero attached hydrogens (tertiary/aromatic N) is 1. The predicted octanol–water partition coefficient (Wildman–Crippen LogP) is 2.07. The first-order valence-electron chi connectivity index (χ1n) is 6.83. The highest BCUT2D eigenvalue weighted by molar-refractivity contribution is 8.16. The van der Waals surface area contributed by atoms with Crippen molar-refractivity contribution in [1.29, 1.82) is 0 Å². The highest BCUT2D eigenvalue weighted by Gasteiger charge is 2.40. The van der Waals surface area contributed by atoms with Crippen molar-refractivity contribution in [2.24, 2.45) is 4.99 Å². The lowest BCUT2D eigenvalue weighted by Gasteiger charge is -2.20. The zero-order chi connectivity index (χ0) is 13.0. The van der Waals surface area contributed by atoms with Crippen LogP contribution in [0.3, 0.4) is 0 Å². The van der Waals surface area contributed by atoms with Gasteiger partial charge < -0.3 is 10.4 Å². The molecule has 0 aromatic rings. The van der Waals surface area contributed by atoms with Crippen LogP contribution in [0.15, 0.2) is 4.99 Å². The minimum Gasteiger partial charge on any atom is -0.396 e. The molecular formula is C13H22N2O2S. The van der Waals surface area contributed by atoms with Crippen LogP contribution in [0, 0.1) is 0 Å². The molecule has 0 bridgehead atoms. The Morgan fingerprint density at radius 2 is 2.06 bits per heavy atom. The van der Waals surface area contributed by atoms with Crippen LogP contribution in [0.1, 0.15) is 51.9 Å². The SMILES string of the molecule is CC1(CCO)SC(NC2CCCCCC2)=NC1=O. The number of amides is 1. The van der Waals surface area contributed by atoms with Gasteiger partial charge in [-0.25, -0.2) is 0 Å². The molecule has 2 aliphatic rings. The van der Waals surface area contributed by atoms with Gasteiger partial charge in [-0.15, -0.1) is 0 Å². The smallest absolute Gasteiger partial charge is 0.264 e. The molecule has 0 saturated heterocycles. The van der Waals surface area contributed by atoms with Crippen molar-refractivity contribution in [2.75, 3.05) is 6.61 Å². The fourth-order valence-electron chi connectivity index (χ4n) is 2.52. The molecule has 1 saturated carbocycles. The van der Waals surface area contributed by atoms with Gasteiger partial charge in [0.15, 0.2) is 5.17 Å². The van der Waals surface area contributed by atoms with E-state index in [9.17, 15) is 4.79 Å². The molecule has 1 amide bonds. The molecule has 2 rings (SSSR count). The number of aliphatic imine (C=N–C) groups is 1. The van der Waals surface area contributed by atoms with Gasteiger partial charge in [0.1, 0.15) is 4.75 Å². The molecule has 1 heterocycles. The van der Waals surface area contributed by atoms with Crippen molar-refractivity contribution in [1.82, 2.24) is 5.32 Å². The van der Waals surface area contributed by atoms with E-state index in [0.717, 1.165) is 5.17 Å². The van der Waals surface area contributed by atoms with E-state index in [0.29, 0.717) is 12.5 Å². The first-order chi connectivity index (χ1) is 8.64. The lowest BCUT2D eigenvalue weighted by atomic mass is 10.1. The van der Waals surface area contributed by atoms with E-state index < -0.39 is 4.75 Å². The van der Waals surface area contributed by atoms with E-state index >= 15 is 0 Å². The quantitative estimate of drug-likeness (QED) is 0.771. The zero-order valence-electron chi connectivity index (χ0n) is 10.9. The molecule has 4 nitrogen and oxygen atoms in total. The van der Waals surface area contributed by atoms with E-state index in [1.165, 1.54) is 50.3 Å². The van der Waals surface area contributed by atoms with Gasteiger partial charge in [0.2, 0.25) is 0 Å². The number of thioether (sulfide) groups is 1. The van der Waals surface area contributed by atoms with Crippen molar-refractivity contribution in [3.63, 3.8) is 0 Å². The van der Waals surface area contributed by atoms with E-state index in [1.54, 1.807) is 0 Å². The Morgan fingerprint density at radius 1 is 1.39 bits per heavy atom. The first-order valence-corrected chi connectivity index (χ1v) is 7.65. The van der Waals surface area contributed by atoms with Gasteiger partial charge in [-0.2, -0.15) is 4.99 Å². The van der Waals surface area contributed by atoms with Crippen molar-refractivity contribution in [3.05, 3.63) is 0 Å². The second-order valence-electron chi connectivity index (χ2n) is 5.36. The van der Waals surface area contributed by atoms with Crippen molar-refractivity contribution in [3.8, 4) is 0 Å². The Labute approximate surface area is 113 Å². The molecule has 2 N–H and O–H groups in total. The summed E-state index contributed by atoms with van der Waals surface area (Å²) >= 11 is 1.48. The third kappa shape index (κ3) is 3.26. The molecule has 0 radical (unpaired) electrons. The number of aliphatic hydroxyl groups is 1. The molecular weight excluding hydrogens is 248 g/mol. The third-order valence-electron chi connectivity index (χ3n) is 3.75. The maximum atomic E-state index is 11.8. The second-order valence-corrected chi connectivity index (χ2v) is 6.85. The highest BCUT2D eigenvalue weighted by atomic mass is 32.2. The van der Waals surface area contributed by atoms with E-state index in [4.69, 9.17) is 5.11 Å². The van der Waals surface area contributed by atoms with Gasteiger partial charge >= 0.3 is 0 Å².